The average molecular weight is 296 g/mol. The van der Waals surface area contributed by atoms with Crippen LogP contribution in [0.4, 0.5) is 0 Å². The fraction of sp³-hybridized carbons (Fsp3) is 0.400. The van der Waals surface area contributed by atoms with E-state index in [4.69, 9.17) is 0 Å². The molecule has 0 bridgehead atoms. The van der Waals surface area contributed by atoms with E-state index in [0.29, 0.717) is 12.1 Å². The Morgan fingerprint density at radius 3 is 1.36 bits per heavy atom. The van der Waals surface area contributed by atoms with Crippen molar-refractivity contribution in [2.45, 2.75) is 38.8 Å². The van der Waals surface area contributed by atoms with E-state index in [9.17, 15) is 0 Å². The first kappa shape index (κ1) is 16.7. The summed E-state index contributed by atoms with van der Waals surface area (Å²) in [6, 6.07) is 22.3. The minimum atomic E-state index is 0.508. The molecule has 0 fully saturated rings. The van der Waals surface area contributed by atoms with Gasteiger partial charge >= 0.3 is 0 Å². The van der Waals surface area contributed by atoms with Crippen molar-refractivity contribution in [1.82, 2.24) is 10.6 Å². The highest BCUT2D eigenvalue weighted by Crippen LogP contribution is 2.03. The third-order valence-electron chi connectivity index (χ3n) is 3.88. The Hall–Kier alpha value is -1.64. The molecule has 0 aliphatic heterocycles. The first-order chi connectivity index (χ1) is 10.7. The number of nitrogens with one attached hydrogen (secondary N) is 2. The van der Waals surface area contributed by atoms with Crippen LogP contribution in [0.5, 0.6) is 0 Å². The van der Waals surface area contributed by atoms with E-state index in [2.05, 4.69) is 85.1 Å². The van der Waals surface area contributed by atoms with Gasteiger partial charge in [-0.1, -0.05) is 60.7 Å². The standard InChI is InChI=1S/C20H28N2/c1-17(15-19-9-5-3-6-10-19)21-13-14-22-18(2)16-20-11-7-4-8-12-20/h3-12,17-18,21-22H,13-16H2,1-2H3. The van der Waals surface area contributed by atoms with Crippen molar-refractivity contribution >= 4 is 0 Å². The van der Waals surface area contributed by atoms with Crippen molar-refractivity contribution in [2.75, 3.05) is 13.1 Å². The third kappa shape index (κ3) is 6.42. The van der Waals surface area contributed by atoms with E-state index in [0.717, 1.165) is 25.9 Å². The quantitative estimate of drug-likeness (QED) is 0.693. The second kappa shape index (κ2) is 9.39. The van der Waals surface area contributed by atoms with Crippen LogP contribution in [0.1, 0.15) is 25.0 Å². The van der Waals surface area contributed by atoms with Crippen molar-refractivity contribution in [3.8, 4) is 0 Å². The zero-order valence-corrected chi connectivity index (χ0v) is 13.8. The van der Waals surface area contributed by atoms with E-state index in [1.807, 2.05) is 0 Å². The van der Waals surface area contributed by atoms with E-state index in [1.165, 1.54) is 11.1 Å². The monoisotopic (exact) mass is 296 g/mol. The summed E-state index contributed by atoms with van der Waals surface area (Å²) in [6.45, 7) is 6.51. The van der Waals surface area contributed by atoms with Crippen LogP contribution in [0.2, 0.25) is 0 Å². The van der Waals surface area contributed by atoms with Crippen LogP contribution in [-0.2, 0) is 12.8 Å². The fourth-order valence-corrected chi connectivity index (χ4v) is 2.72. The molecule has 2 aromatic rings. The number of benzene rings is 2. The highest BCUT2D eigenvalue weighted by Gasteiger charge is 2.04. The molecule has 22 heavy (non-hydrogen) atoms. The van der Waals surface area contributed by atoms with Gasteiger partial charge in [0.25, 0.3) is 0 Å². The zero-order chi connectivity index (χ0) is 15.6. The summed E-state index contributed by atoms with van der Waals surface area (Å²) in [7, 11) is 0. The summed E-state index contributed by atoms with van der Waals surface area (Å²) in [6.07, 6.45) is 2.17. The molecule has 0 amide bonds. The second-order valence-corrected chi connectivity index (χ2v) is 6.09. The minimum Gasteiger partial charge on any atom is -0.313 e. The Balaban J connectivity index is 1.58. The second-order valence-electron chi connectivity index (χ2n) is 6.09. The minimum absolute atomic E-state index is 0.508. The van der Waals surface area contributed by atoms with E-state index in [1.54, 1.807) is 0 Å². The predicted octanol–water partition coefficient (Wildman–Crippen LogP) is 3.43. The predicted molar refractivity (Wildman–Crippen MR) is 95.2 cm³/mol. The molecule has 0 saturated carbocycles. The van der Waals surface area contributed by atoms with Crippen molar-refractivity contribution < 1.29 is 0 Å². The van der Waals surface area contributed by atoms with Gasteiger partial charge in [-0.25, -0.2) is 0 Å². The molecule has 0 aliphatic rings. The van der Waals surface area contributed by atoms with Crippen LogP contribution in [-0.4, -0.2) is 25.2 Å². The van der Waals surface area contributed by atoms with E-state index in [-0.39, 0.29) is 0 Å². The van der Waals surface area contributed by atoms with Crippen LogP contribution in [0.25, 0.3) is 0 Å². The summed E-state index contributed by atoms with van der Waals surface area (Å²) >= 11 is 0. The van der Waals surface area contributed by atoms with Gasteiger partial charge in [-0.3, -0.25) is 0 Å². The number of hydrogen-bond acceptors (Lipinski definition) is 2. The van der Waals surface area contributed by atoms with Crippen LogP contribution >= 0.6 is 0 Å². The number of rotatable bonds is 9. The average Bonchev–Trinajstić information content (AvgIpc) is 2.53. The fourth-order valence-electron chi connectivity index (χ4n) is 2.72. The van der Waals surface area contributed by atoms with Gasteiger partial charge in [-0.2, -0.15) is 0 Å². The Kier molecular flexibility index (Phi) is 7.14. The first-order valence-corrected chi connectivity index (χ1v) is 8.28. The smallest absolute Gasteiger partial charge is 0.00796 e. The van der Waals surface area contributed by atoms with Crippen molar-refractivity contribution in [2.24, 2.45) is 0 Å². The molecule has 0 aliphatic carbocycles. The lowest BCUT2D eigenvalue weighted by Gasteiger charge is -2.17. The zero-order valence-electron chi connectivity index (χ0n) is 13.8. The summed E-state index contributed by atoms with van der Waals surface area (Å²) in [5.41, 5.74) is 2.79. The molecule has 0 aromatic heterocycles. The highest BCUT2D eigenvalue weighted by molar-refractivity contribution is 5.16. The molecule has 0 spiro atoms. The molecular weight excluding hydrogens is 268 g/mol. The molecule has 2 atom stereocenters. The molecular formula is C20H28N2. The SMILES string of the molecule is CC(Cc1ccccc1)NCCNC(C)Cc1ccccc1. The highest BCUT2D eigenvalue weighted by atomic mass is 15.0. The normalized spacial score (nSPS) is 13.7. The first-order valence-electron chi connectivity index (χ1n) is 8.28. The van der Waals surface area contributed by atoms with Crippen LogP contribution in [0.3, 0.4) is 0 Å². The Morgan fingerprint density at radius 1 is 0.636 bits per heavy atom. The van der Waals surface area contributed by atoms with Crippen LogP contribution < -0.4 is 10.6 Å². The van der Waals surface area contributed by atoms with Gasteiger partial charge in [0.1, 0.15) is 0 Å². The largest absolute Gasteiger partial charge is 0.313 e. The van der Waals surface area contributed by atoms with Gasteiger partial charge in [0, 0.05) is 25.2 Å². The Bertz CT molecular complexity index is 460. The molecule has 2 nitrogen and oxygen atoms in total. The summed E-state index contributed by atoms with van der Waals surface area (Å²) < 4.78 is 0. The van der Waals surface area contributed by atoms with Gasteiger partial charge in [-0.15, -0.1) is 0 Å². The molecule has 2 rings (SSSR count). The molecule has 118 valence electrons. The van der Waals surface area contributed by atoms with Crippen LogP contribution in [0.15, 0.2) is 60.7 Å². The van der Waals surface area contributed by atoms with Gasteiger partial charge in [0.15, 0.2) is 0 Å². The maximum absolute atomic E-state index is 3.59. The third-order valence-corrected chi connectivity index (χ3v) is 3.88. The summed E-state index contributed by atoms with van der Waals surface area (Å²) in [4.78, 5) is 0. The van der Waals surface area contributed by atoms with Crippen molar-refractivity contribution in [3.05, 3.63) is 71.8 Å². The molecule has 2 N–H and O–H groups in total. The number of hydrogen-bond donors (Lipinski definition) is 2. The molecule has 2 aromatic carbocycles. The molecule has 0 saturated heterocycles. The lowest BCUT2D eigenvalue weighted by Crippen LogP contribution is -2.38. The van der Waals surface area contributed by atoms with E-state index >= 15 is 0 Å². The Labute approximate surface area is 135 Å². The molecule has 2 heteroatoms. The maximum atomic E-state index is 3.59. The molecule has 2 unspecified atom stereocenters. The Morgan fingerprint density at radius 2 is 1.00 bits per heavy atom. The van der Waals surface area contributed by atoms with Gasteiger partial charge < -0.3 is 10.6 Å². The van der Waals surface area contributed by atoms with Gasteiger partial charge in [0.05, 0.1) is 0 Å². The van der Waals surface area contributed by atoms with Crippen LogP contribution in [0, 0.1) is 0 Å². The summed E-state index contributed by atoms with van der Waals surface area (Å²) in [5.74, 6) is 0. The summed E-state index contributed by atoms with van der Waals surface area (Å²) in [5, 5.41) is 7.18. The van der Waals surface area contributed by atoms with Gasteiger partial charge in [-0.05, 0) is 37.8 Å². The van der Waals surface area contributed by atoms with Crippen molar-refractivity contribution in [3.63, 3.8) is 0 Å². The lowest BCUT2D eigenvalue weighted by molar-refractivity contribution is 0.490. The van der Waals surface area contributed by atoms with Gasteiger partial charge in [0.2, 0.25) is 0 Å². The topological polar surface area (TPSA) is 24.1 Å². The lowest BCUT2D eigenvalue weighted by atomic mass is 10.1. The van der Waals surface area contributed by atoms with Crippen molar-refractivity contribution in [1.29, 1.82) is 0 Å². The maximum Gasteiger partial charge on any atom is 0.00796 e. The molecule has 0 heterocycles. The van der Waals surface area contributed by atoms with E-state index < -0.39 is 0 Å². The molecule has 0 radical (unpaired) electrons.